The number of rotatable bonds is 8. The second-order valence-electron chi connectivity index (χ2n) is 6.36. The van der Waals surface area contributed by atoms with Crippen molar-refractivity contribution in [3.63, 3.8) is 0 Å². The predicted molar refractivity (Wildman–Crippen MR) is 114 cm³/mol. The van der Waals surface area contributed by atoms with Crippen LogP contribution in [0.3, 0.4) is 0 Å². The summed E-state index contributed by atoms with van der Waals surface area (Å²) >= 11 is 3.32. The first kappa shape index (κ1) is 20.7. The van der Waals surface area contributed by atoms with Crippen molar-refractivity contribution in [2.75, 3.05) is 29.5 Å². The van der Waals surface area contributed by atoms with E-state index in [2.05, 4.69) is 5.32 Å². The van der Waals surface area contributed by atoms with Crippen LogP contribution in [0.1, 0.15) is 18.4 Å². The molecule has 7 heteroatoms. The highest BCUT2D eigenvalue weighted by Gasteiger charge is 2.22. The molecular weight excluding hydrogens is 395 g/mol. The standard InChI is InChI=1S/C21H23FN2O2S2/c22-17-6-2-1-5-16(17)15-27-13-11-23-20(25)9-10-21(26)24-12-14-28-19-8-4-3-7-18(19)24/h1-8H,9-15H2,(H,23,25). The van der Waals surface area contributed by atoms with E-state index in [-0.39, 0.29) is 30.5 Å². The Morgan fingerprint density at radius 3 is 2.75 bits per heavy atom. The lowest BCUT2D eigenvalue weighted by molar-refractivity contribution is -0.125. The number of anilines is 1. The van der Waals surface area contributed by atoms with E-state index in [9.17, 15) is 14.0 Å². The summed E-state index contributed by atoms with van der Waals surface area (Å²) in [6.45, 7) is 1.18. The fourth-order valence-electron chi connectivity index (χ4n) is 2.93. The van der Waals surface area contributed by atoms with Gasteiger partial charge in [0.05, 0.1) is 5.69 Å². The summed E-state index contributed by atoms with van der Waals surface area (Å²) < 4.78 is 13.5. The lowest BCUT2D eigenvalue weighted by atomic mass is 10.2. The Bertz CT molecular complexity index is 832. The number of benzene rings is 2. The van der Waals surface area contributed by atoms with E-state index >= 15 is 0 Å². The summed E-state index contributed by atoms with van der Waals surface area (Å²) in [6.07, 6.45) is 0.385. The molecule has 2 amide bonds. The fraction of sp³-hybridized carbons (Fsp3) is 0.333. The molecule has 2 aromatic carbocycles. The molecule has 4 nitrogen and oxygen atoms in total. The summed E-state index contributed by atoms with van der Waals surface area (Å²) in [5.41, 5.74) is 1.61. The van der Waals surface area contributed by atoms with Crippen LogP contribution in [0, 0.1) is 5.82 Å². The summed E-state index contributed by atoms with van der Waals surface area (Å²) in [6, 6.07) is 14.6. The van der Waals surface area contributed by atoms with Crippen molar-refractivity contribution in [1.29, 1.82) is 0 Å². The number of carbonyl (C=O) groups is 2. The number of nitrogens with one attached hydrogen (secondary N) is 1. The Kier molecular flexibility index (Phi) is 7.80. The molecule has 1 aliphatic heterocycles. The molecule has 2 aromatic rings. The van der Waals surface area contributed by atoms with Crippen LogP contribution in [0.2, 0.25) is 0 Å². The summed E-state index contributed by atoms with van der Waals surface area (Å²) in [4.78, 5) is 27.4. The topological polar surface area (TPSA) is 49.4 Å². The van der Waals surface area contributed by atoms with Crippen molar-refractivity contribution < 1.29 is 14.0 Å². The van der Waals surface area contributed by atoms with Gasteiger partial charge in [-0.2, -0.15) is 11.8 Å². The Hall–Kier alpha value is -1.99. The Morgan fingerprint density at radius 2 is 1.89 bits per heavy atom. The van der Waals surface area contributed by atoms with Crippen LogP contribution >= 0.6 is 23.5 Å². The number of thioether (sulfide) groups is 2. The normalized spacial score (nSPS) is 13.1. The molecular formula is C21H23FN2O2S2. The molecule has 148 valence electrons. The maximum Gasteiger partial charge on any atom is 0.227 e. The highest BCUT2D eigenvalue weighted by atomic mass is 32.2. The van der Waals surface area contributed by atoms with E-state index < -0.39 is 0 Å². The van der Waals surface area contributed by atoms with Gasteiger partial charge in [-0.3, -0.25) is 9.59 Å². The number of fused-ring (bicyclic) bond motifs is 1. The van der Waals surface area contributed by atoms with Crippen LogP contribution in [0.15, 0.2) is 53.4 Å². The van der Waals surface area contributed by atoms with Gasteiger partial charge in [0, 0.05) is 48.1 Å². The summed E-state index contributed by atoms with van der Waals surface area (Å²) in [5.74, 6) is 1.80. The third-order valence-corrected chi connectivity index (χ3v) is 6.43. The molecule has 1 heterocycles. The predicted octanol–water partition coefficient (Wildman–Crippen LogP) is 4.09. The Balaban J connectivity index is 1.35. The summed E-state index contributed by atoms with van der Waals surface area (Å²) in [5, 5.41) is 2.83. The lowest BCUT2D eigenvalue weighted by Crippen LogP contribution is -2.36. The van der Waals surface area contributed by atoms with Gasteiger partial charge in [-0.25, -0.2) is 4.39 Å². The molecule has 0 aliphatic carbocycles. The van der Waals surface area contributed by atoms with Gasteiger partial charge in [0.15, 0.2) is 0 Å². The van der Waals surface area contributed by atoms with Crippen molar-refractivity contribution >= 4 is 41.0 Å². The fourth-order valence-corrected chi connectivity index (χ4v) is 4.77. The number of hydrogen-bond acceptors (Lipinski definition) is 4. The van der Waals surface area contributed by atoms with Gasteiger partial charge in [0.2, 0.25) is 11.8 Å². The van der Waals surface area contributed by atoms with Crippen LogP contribution in [-0.2, 0) is 15.3 Å². The van der Waals surface area contributed by atoms with Crippen molar-refractivity contribution in [2.45, 2.75) is 23.5 Å². The van der Waals surface area contributed by atoms with E-state index in [0.29, 0.717) is 30.2 Å². The monoisotopic (exact) mass is 418 g/mol. The van der Waals surface area contributed by atoms with E-state index in [0.717, 1.165) is 16.3 Å². The molecule has 0 atom stereocenters. The molecule has 0 unspecified atom stereocenters. The van der Waals surface area contributed by atoms with Gasteiger partial charge in [-0.1, -0.05) is 30.3 Å². The molecule has 0 bridgehead atoms. The average molecular weight is 419 g/mol. The number of para-hydroxylation sites is 1. The second kappa shape index (κ2) is 10.5. The van der Waals surface area contributed by atoms with Crippen molar-refractivity contribution in [3.8, 4) is 0 Å². The number of hydrogen-bond donors (Lipinski definition) is 1. The first-order chi connectivity index (χ1) is 13.6. The Labute approximate surface area is 173 Å². The van der Waals surface area contributed by atoms with E-state index in [1.807, 2.05) is 30.3 Å². The largest absolute Gasteiger partial charge is 0.355 e. The van der Waals surface area contributed by atoms with Gasteiger partial charge >= 0.3 is 0 Å². The van der Waals surface area contributed by atoms with Gasteiger partial charge < -0.3 is 10.2 Å². The molecule has 0 saturated carbocycles. The first-order valence-corrected chi connectivity index (χ1v) is 11.4. The van der Waals surface area contributed by atoms with Crippen LogP contribution in [0.5, 0.6) is 0 Å². The molecule has 0 saturated heterocycles. The van der Waals surface area contributed by atoms with Crippen LogP contribution in [0.4, 0.5) is 10.1 Å². The third kappa shape index (κ3) is 5.75. The quantitative estimate of drug-likeness (QED) is 0.656. The molecule has 0 spiro atoms. The maximum absolute atomic E-state index is 13.5. The van der Waals surface area contributed by atoms with Gasteiger partial charge in [-0.05, 0) is 23.8 Å². The highest BCUT2D eigenvalue weighted by molar-refractivity contribution is 7.99. The van der Waals surface area contributed by atoms with E-state index in [1.54, 1.807) is 40.6 Å². The molecule has 0 fully saturated rings. The average Bonchev–Trinajstić information content (AvgIpc) is 2.72. The zero-order valence-corrected chi connectivity index (χ0v) is 17.2. The molecule has 1 aliphatic rings. The number of amides is 2. The van der Waals surface area contributed by atoms with Gasteiger partial charge in [-0.15, -0.1) is 11.8 Å². The highest BCUT2D eigenvalue weighted by Crippen LogP contribution is 2.34. The maximum atomic E-state index is 13.5. The zero-order valence-electron chi connectivity index (χ0n) is 15.5. The number of halogens is 1. The molecule has 28 heavy (non-hydrogen) atoms. The number of carbonyl (C=O) groups excluding carboxylic acids is 2. The zero-order chi connectivity index (χ0) is 19.8. The summed E-state index contributed by atoms with van der Waals surface area (Å²) in [7, 11) is 0. The minimum Gasteiger partial charge on any atom is -0.355 e. The first-order valence-electron chi connectivity index (χ1n) is 9.25. The van der Waals surface area contributed by atoms with Crippen LogP contribution in [0.25, 0.3) is 0 Å². The van der Waals surface area contributed by atoms with Crippen LogP contribution in [-0.4, -0.2) is 36.4 Å². The molecule has 3 rings (SSSR count). The third-order valence-electron chi connectivity index (χ3n) is 4.38. The molecule has 0 radical (unpaired) electrons. The van der Waals surface area contributed by atoms with Crippen molar-refractivity contribution in [1.82, 2.24) is 5.32 Å². The SMILES string of the molecule is O=C(CCC(=O)N1CCSc2ccccc21)NCCSCc1ccccc1F. The van der Waals surface area contributed by atoms with Crippen molar-refractivity contribution in [2.24, 2.45) is 0 Å². The van der Waals surface area contributed by atoms with Crippen molar-refractivity contribution in [3.05, 3.63) is 59.9 Å². The number of nitrogens with zero attached hydrogens (tertiary/aromatic N) is 1. The van der Waals surface area contributed by atoms with E-state index in [4.69, 9.17) is 0 Å². The smallest absolute Gasteiger partial charge is 0.227 e. The lowest BCUT2D eigenvalue weighted by Gasteiger charge is -2.29. The van der Waals surface area contributed by atoms with Gasteiger partial charge in [0.1, 0.15) is 5.82 Å². The van der Waals surface area contributed by atoms with Gasteiger partial charge in [0.25, 0.3) is 0 Å². The van der Waals surface area contributed by atoms with Crippen LogP contribution < -0.4 is 10.2 Å². The molecule has 0 aromatic heterocycles. The van der Waals surface area contributed by atoms with E-state index in [1.165, 1.54) is 6.07 Å². The Morgan fingerprint density at radius 1 is 1.11 bits per heavy atom. The minimum absolute atomic E-state index is 0.0168. The minimum atomic E-state index is -0.199. The molecule has 1 N–H and O–H groups in total. The second-order valence-corrected chi connectivity index (χ2v) is 8.60.